The zero-order valence-electron chi connectivity index (χ0n) is 8.62. The van der Waals surface area contributed by atoms with Gasteiger partial charge in [-0.15, -0.1) is 0 Å². The molecule has 0 saturated carbocycles. The molecule has 0 saturated heterocycles. The number of rotatable bonds is 2. The van der Waals surface area contributed by atoms with Crippen molar-refractivity contribution in [1.29, 1.82) is 0 Å². The minimum absolute atomic E-state index is 0.675. The van der Waals surface area contributed by atoms with Crippen LogP contribution in [0.5, 0.6) is 0 Å². The quantitative estimate of drug-likeness (QED) is 0.625. The van der Waals surface area contributed by atoms with Gasteiger partial charge >= 0.3 is 0 Å². The van der Waals surface area contributed by atoms with Crippen LogP contribution < -0.4 is 0 Å². The van der Waals surface area contributed by atoms with Gasteiger partial charge in [0.05, 0.1) is 5.71 Å². The van der Waals surface area contributed by atoms with Crippen molar-refractivity contribution in [3.63, 3.8) is 0 Å². The molecule has 0 radical (unpaired) electrons. The number of hydrogen-bond donors (Lipinski definition) is 0. The van der Waals surface area contributed by atoms with Gasteiger partial charge in [-0.05, 0) is 36.6 Å². The first-order valence-corrected chi connectivity index (χ1v) is 4.86. The van der Waals surface area contributed by atoms with E-state index in [0.717, 1.165) is 25.1 Å². The SMILES string of the molecule is COC1(OC)C=CC2=NCCCC2=C1. The number of methoxy groups -OCH3 is 2. The van der Waals surface area contributed by atoms with Crippen molar-refractivity contribution in [1.82, 2.24) is 0 Å². The van der Waals surface area contributed by atoms with E-state index < -0.39 is 5.79 Å². The van der Waals surface area contributed by atoms with E-state index >= 15 is 0 Å². The van der Waals surface area contributed by atoms with Gasteiger partial charge in [-0.25, -0.2) is 0 Å². The second-order valence-electron chi connectivity index (χ2n) is 3.50. The third kappa shape index (κ3) is 1.53. The molecule has 0 unspecified atom stereocenters. The zero-order valence-corrected chi connectivity index (χ0v) is 8.62. The van der Waals surface area contributed by atoms with Crippen LogP contribution in [0, 0.1) is 0 Å². The van der Waals surface area contributed by atoms with Crippen molar-refractivity contribution in [2.45, 2.75) is 18.6 Å². The molecule has 0 N–H and O–H groups in total. The van der Waals surface area contributed by atoms with Gasteiger partial charge < -0.3 is 9.47 Å². The zero-order chi connectivity index (χ0) is 10.0. The average molecular weight is 193 g/mol. The van der Waals surface area contributed by atoms with Crippen LogP contribution in [0.25, 0.3) is 0 Å². The lowest BCUT2D eigenvalue weighted by molar-refractivity contribution is -0.133. The van der Waals surface area contributed by atoms with Gasteiger partial charge in [0.15, 0.2) is 0 Å². The predicted molar refractivity (Wildman–Crippen MR) is 55.5 cm³/mol. The molecular weight excluding hydrogens is 178 g/mol. The van der Waals surface area contributed by atoms with E-state index in [9.17, 15) is 0 Å². The van der Waals surface area contributed by atoms with Crippen LogP contribution in [0.2, 0.25) is 0 Å². The summed E-state index contributed by atoms with van der Waals surface area (Å²) in [5.41, 5.74) is 2.32. The van der Waals surface area contributed by atoms with Gasteiger partial charge in [0.2, 0.25) is 5.79 Å². The summed E-state index contributed by atoms with van der Waals surface area (Å²) in [5, 5.41) is 0. The summed E-state index contributed by atoms with van der Waals surface area (Å²) in [5.74, 6) is -0.675. The first-order valence-electron chi connectivity index (χ1n) is 4.86. The topological polar surface area (TPSA) is 30.8 Å². The van der Waals surface area contributed by atoms with Gasteiger partial charge in [-0.3, -0.25) is 4.99 Å². The number of allylic oxidation sites excluding steroid dienone is 2. The van der Waals surface area contributed by atoms with E-state index in [2.05, 4.69) is 4.99 Å². The molecule has 1 heterocycles. The maximum absolute atomic E-state index is 5.34. The lowest BCUT2D eigenvalue weighted by Crippen LogP contribution is -2.33. The van der Waals surface area contributed by atoms with Crippen LogP contribution in [0.4, 0.5) is 0 Å². The lowest BCUT2D eigenvalue weighted by Gasteiger charge is -2.29. The Labute approximate surface area is 84.1 Å². The molecule has 0 amide bonds. The fourth-order valence-electron chi connectivity index (χ4n) is 1.83. The Morgan fingerprint density at radius 1 is 1.36 bits per heavy atom. The smallest absolute Gasteiger partial charge is 0.208 e. The summed E-state index contributed by atoms with van der Waals surface area (Å²) in [4.78, 5) is 4.44. The Bertz CT molecular complexity index is 311. The van der Waals surface area contributed by atoms with Crippen LogP contribution >= 0.6 is 0 Å². The first kappa shape index (κ1) is 9.62. The Morgan fingerprint density at radius 2 is 2.14 bits per heavy atom. The Morgan fingerprint density at radius 3 is 2.86 bits per heavy atom. The number of hydrogen-bond acceptors (Lipinski definition) is 3. The van der Waals surface area contributed by atoms with Crippen molar-refractivity contribution >= 4 is 5.71 Å². The summed E-state index contributed by atoms with van der Waals surface area (Å²) < 4.78 is 10.7. The Hall–Kier alpha value is -0.930. The molecule has 2 rings (SSSR count). The van der Waals surface area contributed by atoms with Gasteiger partial charge in [-0.2, -0.15) is 0 Å². The molecule has 0 aromatic heterocycles. The van der Waals surface area contributed by atoms with Crippen LogP contribution in [-0.2, 0) is 9.47 Å². The number of ether oxygens (including phenoxy) is 2. The molecule has 0 aromatic carbocycles. The molecule has 14 heavy (non-hydrogen) atoms. The Kier molecular flexibility index (Phi) is 2.52. The largest absolute Gasteiger partial charge is 0.346 e. The van der Waals surface area contributed by atoms with E-state index in [1.54, 1.807) is 14.2 Å². The summed E-state index contributed by atoms with van der Waals surface area (Å²) >= 11 is 0. The van der Waals surface area contributed by atoms with Crippen molar-refractivity contribution in [3.05, 3.63) is 23.8 Å². The van der Waals surface area contributed by atoms with Gasteiger partial charge in [0, 0.05) is 20.8 Å². The molecule has 0 fully saturated rings. The highest BCUT2D eigenvalue weighted by molar-refractivity contribution is 6.09. The summed E-state index contributed by atoms with van der Waals surface area (Å²) in [6, 6.07) is 0. The fraction of sp³-hybridized carbons (Fsp3) is 0.545. The second kappa shape index (κ2) is 3.67. The molecule has 3 nitrogen and oxygen atoms in total. The van der Waals surface area contributed by atoms with Gasteiger partial charge in [0.25, 0.3) is 0 Å². The maximum atomic E-state index is 5.34. The fourth-order valence-corrected chi connectivity index (χ4v) is 1.83. The molecule has 0 atom stereocenters. The van der Waals surface area contributed by atoms with E-state index in [0.29, 0.717) is 0 Å². The summed E-state index contributed by atoms with van der Waals surface area (Å²) in [6.07, 6.45) is 8.09. The molecule has 3 heteroatoms. The molecule has 0 bridgehead atoms. The minimum Gasteiger partial charge on any atom is -0.346 e. The number of fused-ring (bicyclic) bond motifs is 1. The lowest BCUT2D eigenvalue weighted by atomic mass is 9.94. The highest BCUT2D eigenvalue weighted by atomic mass is 16.7. The van der Waals surface area contributed by atoms with Crippen molar-refractivity contribution in [3.8, 4) is 0 Å². The van der Waals surface area contributed by atoms with Crippen LogP contribution in [0.3, 0.4) is 0 Å². The molecule has 2 aliphatic rings. The maximum Gasteiger partial charge on any atom is 0.208 e. The van der Waals surface area contributed by atoms with E-state index in [4.69, 9.17) is 9.47 Å². The molecule has 1 aliphatic carbocycles. The van der Waals surface area contributed by atoms with E-state index in [1.807, 2.05) is 18.2 Å². The highest BCUT2D eigenvalue weighted by Gasteiger charge is 2.29. The standard InChI is InChI=1S/C11H15NO2/c1-13-11(14-2)6-5-10-9(8-11)4-3-7-12-10/h5-6,8H,3-4,7H2,1-2H3. The number of nitrogens with zero attached hydrogens (tertiary/aromatic N) is 1. The van der Waals surface area contributed by atoms with Crippen LogP contribution in [-0.4, -0.2) is 32.3 Å². The van der Waals surface area contributed by atoms with Crippen LogP contribution in [0.1, 0.15) is 12.8 Å². The van der Waals surface area contributed by atoms with Crippen molar-refractivity contribution < 1.29 is 9.47 Å². The molecule has 0 aromatic rings. The highest BCUT2D eigenvalue weighted by Crippen LogP contribution is 2.27. The minimum atomic E-state index is -0.675. The normalized spacial score (nSPS) is 23.9. The third-order valence-corrected chi connectivity index (χ3v) is 2.70. The predicted octanol–water partition coefficient (Wildman–Crippen LogP) is 1.71. The monoisotopic (exact) mass is 193 g/mol. The van der Waals surface area contributed by atoms with E-state index in [1.165, 1.54) is 5.57 Å². The van der Waals surface area contributed by atoms with Crippen molar-refractivity contribution in [2.75, 3.05) is 20.8 Å². The third-order valence-electron chi connectivity index (χ3n) is 2.70. The van der Waals surface area contributed by atoms with Crippen molar-refractivity contribution in [2.24, 2.45) is 4.99 Å². The van der Waals surface area contributed by atoms with E-state index in [-0.39, 0.29) is 0 Å². The summed E-state index contributed by atoms with van der Waals surface area (Å²) in [7, 11) is 3.30. The molecule has 76 valence electrons. The van der Waals surface area contributed by atoms with Gasteiger partial charge in [0.1, 0.15) is 0 Å². The molecule has 0 spiro atoms. The molecular formula is C11H15NO2. The first-order chi connectivity index (χ1) is 6.79. The average Bonchev–Trinajstić information content (AvgIpc) is 2.28. The van der Waals surface area contributed by atoms with Crippen LogP contribution in [0.15, 0.2) is 28.8 Å². The number of aliphatic imine (C=N–C) groups is 1. The second-order valence-corrected chi connectivity index (χ2v) is 3.50. The Balaban J connectivity index is 2.33. The summed E-state index contributed by atoms with van der Waals surface area (Å²) in [6.45, 7) is 0.935. The van der Waals surface area contributed by atoms with Gasteiger partial charge in [-0.1, -0.05) is 0 Å². The molecule has 1 aliphatic heterocycles.